The third-order valence-corrected chi connectivity index (χ3v) is 5.86. The van der Waals surface area contributed by atoms with Gasteiger partial charge < -0.3 is 14.4 Å². The number of nitrogens with zero attached hydrogens (tertiary/aromatic N) is 4. The number of hydrogen-bond donors (Lipinski definition) is 1. The highest BCUT2D eigenvalue weighted by Gasteiger charge is 2.19. The summed E-state index contributed by atoms with van der Waals surface area (Å²) in [6.07, 6.45) is 1.47. The number of nitrogens with one attached hydrogen (secondary N) is 1. The largest absolute Gasteiger partial charge is 0.333 e. The molecule has 0 aliphatic rings. The van der Waals surface area contributed by atoms with E-state index in [-0.39, 0.29) is 29.3 Å². The summed E-state index contributed by atoms with van der Waals surface area (Å²) in [4.78, 5) is 35.0. The van der Waals surface area contributed by atoms with Gasteiger partial charge in [-0.25, -0.2) is 9.37 Å². The second kappa shape index (κ2) is 9.35. The van der Waals surface area contributed by atoms with Crippen LogP contribution in [0.15, 0.2) is 70.1 Å². The van der Waals surface area contributed by atoms with Gasteiger partial charge in [0.15, 0.2) is 0 Å². The number of halogens is 2. The Morgan fingerprint density at radius 3 is 2.64 bits per heavy atom. The van der Waals surface area contributed by atoms with Crippen LogP contribution in [0.4, 0.5) is 10.1 Å². The number of rotatable bonds is 5. The van der Waals surface area contributed by atoms with Crippen LogP contribution in [0.1, 0.15) is 11.3 Å². The Hall–Kier alpha value is -4.37. The average Bonchev–Trinajstić information content (AvgIpc) is 3.33. The zero-order valence-corrected chi connectivity index (χ0v) is 20.0. The summed E-state index contributed by atoms with van der Waals surface area (Å²) in [5, 5.41) is 7.55. The van der Waals surface area contributed by atoms with E-state index in [9.17, 15) is 14.0 Å². The zero-order valence-electron chi connectivity index (χ0n) is 19.3. The minimum atomic E-state index is -0.461. The van der Waals surface area contributed by atoms with Gasteiger partial charge >= 0.3 is 0 Å². The minimum Gasteiger partial charge on any atom is -0.333 e. The van der Waals surface area contributed by atoms with Crippen molar-refractivity contribution in [1.82, 2.24) is 19.7 Å². The van der Waals surface area contributed by atoms with Crippen molar-refractivity contribution in [3.8, 4) is 22.8 Å². The second-order valence-corrected chi connectivity index (χ2v) is 8.70. The molecule has 0 aliphatic heterocycles. The standard InChI is InChI=1S/C26H19ClFN5O3/c1-14-3-9-18(28)11-21(14)30-22(34)13-33-12-20(23(35)19-10-4-15(2)29-25(19)33)26-31-24(32-36-26)16-5-7-17(27)8-6-16/h3-12H,13H2,1-2H3,(H,30,34). The Balaban J connectivity index is 1.55. The summed E-state index contributed by atoms with van der Waals surface area (Å²) in [6.45, 7) is 3.36. The van der Waals surface area contributed by atoms with Crippen LogP contribution < -0.4 is 10.7 Å². The maximum atomic E-state index is 13.7. The molecule has 0 spiro atoms. The van der Waals surface area contributed by atoms with Gasteiger partial charge in [0.2, 0.25) is 17.2 Å². The van der Waals surface area contributed by atoms with E-state index in [4.69, 9.17) is 16.1 Å². The molecule has 1 N–H and O–H groups in total. The summed E-state index contributed by atoms with van der Waals surface area (Å²) < 4.78 is 20.6. The van der Waals surface area contributed by atoms with Crippen molar-refractivity contribution in [3.05, 3.63) is 93.1 Å². The van der Waals surface area contributed by atoms with E-state index in [1.165, 1.54) is 22.9 Å². The molecule has 180 valence electrons. The van der Waals surface area contributed by atoms with Crippen LogP contribution in [-0.2, 0) is 11.3 Å². The van der Waals surface area contributed by atoms with Gasteiger partial charge in [-0.1, -0.05) is 22.8 Å². The lowest BCUT2D eigenvalue weighted by Gasteiger charge is -2.13. The fraction of sp³-hybridized carbons (Fsp3) is 0.115. The third-order valence-electron chi connectivity index (χ3n) is 5.61. The molecule has 3 heterocycles. The van der Waals surface area contributed by atoms with Crippen molar-refractivity contribution in [2.24, 2.45) is 0 Å². The van der Waals surface area contributed by atoms with E-state index in [1.807, 2.05) is 0 Å². The van der Waals surface area contributed by atoms with Crippen molar-refractivity contribution < 1.29 is 13.7 Å². The second-order valence-electron chi connectivity index (χ2n) is 8.26. The van der Waals surface area contributed by atoms with E-state index in [2.05, 4.69) is 20.4 Å². The van der Waals surface area contributed by atoms with Gasteiger partial charge in [0.1, 0.15) is 23.6 Å². The number of carbonyl (C=O) groups excluding carboxylic acids is 1. The zero-order chi connectivity index (χ0) is 25.4. The summed E-state index contributed by atoms with van der Waals surface area (Å²) >= 11 is 5.95. The number of aryl methyl sites for hydroxylation is 2. The number of aromatic nitrogens is 4. The smallest absolute Gasteiger partial charge is 0.263 e. The molecule has 0 atom stereocenters. The SMILES string of the molecule is Cc1ccc2c(=O)c(-c3nc(-c4ccc(Cl)cc4)no3)cn(CC(=O)Nc3cc(F)ccc3C)c2n1. The number of fused-ring (bicyclic) bond motifs is 1. The van der Waals surface area contributed by atoms with Crippen molar-refractivity contribution in [2.75, 3.05) is 5.32 Å². The van der Waals surface area contributed by atoms with Crippen molar-refractivity contribution >= 4 is 34.2 Å². The van der Waals surface area contributed by atoms with Gasteiger partial charge in [-0.3, -0.25) is 9.59 Å². The Labute approximate surface area is 209 Å². The number of benzene rings is 2. The predicted molar refractivity (Wildman–Crippen MR) is 134 cm³/mol. The van der Waals surface area contributed by atoms with Gasteiger partial charge in [0.05, 0.1) is 5.39 Å². The third kappa shape index (κ3) is 4.60. The molecule has 2 aromatic carbocycles. The highest BCUT2D eigenvalue weighted by Crippen LogP contribution is 2.24. The Kier molecular flexibility index (Phi) is 6.07. The number of pyridine rings is 2. The highest BCUT2D eigenvalue weighted by molar-refractivity contribution is 6.30. The molecule has 8 nitrogen and oxygen atoms in total. The van der Waals surface area contributed by atoms with Crippen molar-refractivity contribution in [2.45, 2.75) is 20.4 Å². The fourth-order valence-corrected chi connectivity index (χ4v) is 3.88. The minimum absolute atomic E-state index is 0.00237. The Bertz CT molecular complexity index is 1680. The number of hydrogen-bond acceptors (Lipinski definition) is 6. The Morgan fingerprint density at radius 2 is 1.86 bits per heavy atom. The van der Waals surface area contributed by atoms with E-state index in [0.717, 1.165) is 0 Å². The first-order chi connectivity index (χ1) is 17.3. The molecule has 0 saturated carbocycles. The van der Waals surface area contributed by atoms with Gasteiger partial charge in [0.25, 0.3) is 5.89 Å². The first kappa shape index (κ1) is 23.4. The number of anilines is 1. The van der Waals surface area contributed by atoms with Crippen molar-refractivity contribution in [1.29, 1.82) is 0 Å². The number of carbonyl (C=O) groups is 1. The lowest BCUT2D eigenvalue weighted by molar-refractivity contribution is -0.116. The van der Waals surface area contributed by atoms with Crippen molar-refractivity contribution in [3.63, 3.8) is 0 Å². The van der Waals surface area contributed by atoms with Crippen LogP contribution in [0, 0.1) is 19.7 Å². The molecule has 36 heavy (non-hydrogen) atoms. The molecule has 0 radical (unpaired) electrons. The molecule has 0 unspecified atom stereocenters. The summed E-state index contributed by atoms with van der Waals surface area (Å²) in [7, 11) is 0. The molecule has 5 aromatic rings. The molecule has 10 heteroatoms. The first-order valence-corrected chi connectivity index (χ1v) is 11.3. The quantitative estimate of drug-likeness (QED) is 0.355. The van der Waals surface area contributed by atoms with Crippen LogP contribution in [0.2, 0.25) is 5.02 Å². The van der Waals surface area contributed by atoms with E-state index < -0.39 is 11.7 Å². The van der Waals surface area contributed by atoms with Gasteiger partial charge in [-0.15, -0.1) is 0 Å². The number of amides is 1. The maximum absolute atomic E-state index is 13.7. The van der Waals surface area contributed by atoms with Crippen LogP contribution >= 0.6 is 11.6 Å². The van der Waals surface area contributed by atoms with E-state index in [0.29, 0.717) is 38.6 Å². The topological polar surface area (TPSA) is 103 Å². The molecule has 0 saturated heterocycles. The van der Waals surface area contributed by atoms with E-state index in [1.54, 1.807) is 56.3 Å². The van der Waals surface area contributed by atoms with Gasteiger partial charge in [0, 0.05) is 28.2 Å². The maximum Gasteiger partial charge on any atom is 0.263 e. The normalized spacial score (nSPS) is 11.1. The molecular weight excluding hydrogens is 485 g/mol. The fourth-order valence-electron chi connectivity index (χ4n) is 3.76. The molecule has 5 rings (SSSR count). The predicted octanol–water partition coefficient (Wildman–Crippen LogP) is 5.16. The van der Waals surface area contributed by atoms with Gasteiger partial charge in [-0.05, 0) is 67.9 Å². The highest BCUT2D eigenvalue weighted by atomic mass is 35.5. The molecule has 0 fully saturated rings. The summed E-state index contributed by atoms with van der Waals surface area (Å²) in [5.74, 6) is -0.593. The van der Waals surface area contributed by atoms with Crippen LogP contribution in [0.3, 0.4) is 0 Å². The molecular formula is C26H19ClFN5O3. The van der Waals surface area contributed by atoms with E-state index >= 15 is 0 Å². The average molecular weight is 504 g/mol. The lowest BCUT2D eigenvalue weighted by atomic mass is 10.1. The van der Waals surface area contributed by atoms with Crippen LogP contribution in [0.25, 0.3) is 33.9 Å². The molecule has 1 amide bonds. The van der Waals surface area contributed by atoms with Crippen LogP contribution in [0.5, 0.6) is 0 Å². The molecule has 3 aromatic heterocycles. The van der Waals surface area contributed by atoms with Gasteiger partial charge in [-0.2, -0.15) is 4.98 Å². The summed E-state index contributed by atoms with van der Waals surface area (Å²) in [5.41, 5.74) is 2.50. The molecule has 0 aliphatic carbocycles. The summed E-state index contributed by atoms with van der Waals surface area (Å²) in [6, 6.07) is 14.4. The van der Waals surface area contributed by atoms with Crippen LogP contribution in [-0.4, -0.2) is 25.6 Å². The monoisotopic (exact) mass is 503 g/mol. The lowest BCUT2D eigenvalue weighted by Crippen LogP contribution is -2.22. The Morgan fingerprint density at radius 1 is 1.08 bits per heavy atom. The first-order valence-electron chi connectivity index (χ1n) is 11.0. The molecule has 0 bridgehead atoms.